The standard InChI is InChI=1S/C14H18F3NO3/c15-14(16,17)10-21-12-6-4-11(5-7-12)9-18-13(20)3-1-2-8-19/h4-7,19H,1-3,8-10H2,(H,18,20). The summed E-state index contributed by atoms with van der Waals surface area (Å²) in [4.78, 5) is 11.4. The third-order valence-electron chi connectivity index (χ3n) is 2.63. The Hall–Kier alpha value is -1.76. The van der Waals surface area contributed by atoms with Crippen LogP contribution >= 0.6 is 0 Å². The van der Waals surface area contributed by atoms with Gasteiger partial charge in [0.05, 0.1) is 0 Å². The molecule has 0 radical (unpaired) electrons. The van der Waals surface area contributed by atoms with Crippen LogP contribution in [-0.4, -0.2) is 30.4 Å². The zero-order valence-electron chi connectivity index (χ0n) is 11.4. The van der Waals surface area contributed by atoms with Crippen LogP contribution in [0.5, 0.6) is 5.75 Å². The second-order valence-electron chi connectivity index (χ2n) is 4.51. The molecule has 0 atom stereocenters. The van der Waals surface area contributed by atoms with E-state index in [-0.39, 0.29) is 18.3 Å². The summed E-state index contributed by atoms with van der Waals surface area (Å²) < 4.78 is 40.5. The van der Waals surface area contributed by atoms with E-state index in [0.717, 1.165) is 5.56 Å². The number of alkyl halides is 3. The van der Waals surface area contributed by atoms with Gasteiger partial charge in [0.1, 0.15) is 5.75 Å². The van der Waals surface area contributed by atoms with Crippen LogP contribution in [0.2, 0.25) is 0 Å². The predicted octanol–water partition coefficient (Wildman–Crippen LogP) is 2.41. The summed E-state index contributed by atoms with van der Waals surface area (Å²) in [6.45, 7) is -0.960. The molecule has 0 aliphatic heterocycles. The van der Waals surface area contributed by atoms with Crippen molar-refractivity contribution in [1.29, 1.82) is 0 Å². The molecule has 2 N–H and O–H groups in total. The summed E-state index contributed by atoms with van der Waals surface area (Å²) in [7, 11) is 0. The number of carbonyl (C=O) groups is 1. The number of carbonyl (C=O) groups excluding carboxylic acids is 1. The normalized spacial score (nSPS) is 11.2. The number of rotatable bonds is 8. The van der Waals surface area contributed by atoms with Crippen LogP contribution in [0, 0.1) is 0 Å². The molecule has 1 aromatic rings. The minimum Gasteiger partial charge on any atom is -0.484 e. The third kappa shape index (κ3) is 8.19. The Labute approximate surface area is 120 Å². The van der Waals surface area contributed by atoms with Gasteiger partial charge in [-0.2, -0.15) is 13.2 Å². The maximum atomic E-state index is 12.0. The number of hydrogen-bond acceptors (Lipinski definition) is 3. The van der Waals surface area contributed by atoms with Crippen molar-refractivity contribution in [2.75, 3.05) is 13.2 Å². The number of aliphatic hydroxyl groups is 1. The fourth-order valence-electron chi connectivity index (χ4n) is 1.56. The van der Waals surface area contributed by atoms with Crippen LogP contribution in [0.25, 0.3) is 0 Å². The van der Waals surface area contributed by atoms with Gasteiger partial charge in [0.2, 0.25) is 5.91 Å². The number of unbranched alkanes of at least 4 members (excludes halogenated alkanes) is 1. The van der Waals surface area contributed by atoms with Gasteiger partial charge in [-0.25, -0.2) is 0 Å². The molecule has 0 saturated heterocycles. The topological polar surface area (TPSA) is 58.6 Å². The Morgan fingerprint density at radius 2 is 1.86 bits per heavy atom. The first-order valence-corrected chi connectivity index (χ1v) is 6.57. The fourth-order valence-corrected chi connectivity index (χ4v) is 1.56. The highest BCUT2D eigenvalue weighted by Crippen LogP contribution is 2.18. The summed E-state index contributed by atoms with van der Waals surface area (Å²) in [5, 5.41) is 11.3. The predicted molar refractivity (Wildman–Crippen MR) is 70.8 cm³/mol. The van der Waals surface area contributed by atoms with Gasteiger partial charge in [-0.15, -0.1) is 0 Å². The van der Waals surface area contributed by atoms with E-state index >= 15 is 0 Å². The van der Waals surface area contributed by atoms with Crippen LogP contribution in [0.3, 0.4) is 0 Å². The summed E-state index contributed by atoms with van der Waals surface area (Å²) >= 11 is 0. The fraction of sp³-hybridized carbons (Fsp3) is 0.500. The maximum absolute atomic E-state index is 12.0. The molecule has 1 amide bonds. The van der Waals surface area contributed by atoms with Crippen molar-refractivity contribution in [3.05, 3.63) is 29.8 Å². The molecular formula is C14H18F3NO3. The number of amides is 1. The Kier molecular flexibility index (Phi) is 7.01. The molecule has 0 saturated carbocycles. The summed E-state index contributed by atoms with van der Waals surface area (Å²) in [6.07, 6.45) is -2.82. The molecule has 0 fully saturated rings. The number of aliphatic hydroxyl groups excluding tert-OH is 1. The summed E-state index contributed by atoms with van der Waals surface area (Å²) in [6, 6.07) is 6.05. The Morgan fingerprint density at radius 1 is 1.19 bits per heavy atom. The number of nitrogens with one attached hydrogen (secondary N) is 1. The van der Waals surface area contributed by atoms with Crippen LogP contribution in [0.4, 0.5) is 13.2 Å². The van der Waals surface area contributed by atoms with Gasteiger partial charge < -0.3 is 15.2 Å². The summed E-state index contributed by atoms with van der Waals surface area (Å²) in [5.41, 5.74) is 0.768. The van der Waals surface area contributed by atoms with E-state index in [9.17, 15) is 18.0 Å². The third-order valence-corrected chi connectivity index (χ3v) is 2.63. The lowest BCUT2D eigenvalue weighted by Crippen LogP contribution is -2.22. The van der Waals surface area contributed by atoms with Crippen molar-refractivity contribution in [1.82, 2.24) is 5.32 Å². The molecule has 118 valence electrons. The van der Waals surface area contributed by atoms with Crippen molar-refractivity contribution in [3.8, 4) is 5.75 Å². The zero-order valence-corrected chi connectivity index (χ0v) is 11.4. The molecule has 0 spiro atoms. The lowest BCUT2D eigenvalue weighted by molar-refractivity contribution is -0.153. The van der Waals surface area contributed by atoms with Crippen molar-refractivity contribution >= 4 is 5.91 Å². The molecule has 0 aromatic heterocycles. The minimum atomic E-state index is -4.36. The van der Waals surface area contributed by atoms with E-state index < -0.39 is 12.8 Å². The van der Waals surface area contributed by atoms with Gasteiger partial charge in [0.25, 0.3) is 0 Å². The first kappa shape index (κ1) is 17.3. The number of hydrogen-bond donors (Lipinski definition) is 2. The van der Waals surface area contributed by atoms with Gasteiger partial charge in [-0.1, -0.05) is 12.1 Å². The molecule has 21 heavy (non-hydrogen) atoms. The van der Waals surface area contributed by atoms with Crippen molar-refractivity contribution in [3.63, 3.8) is 0 Å². The van der Waals surface area contributed by atoms with Crippen molar-refractivity contribution in [2.24, 2.45) is 0 Å². The van der Waals surface area contributed by atoms with Crippen LogP contribution in [-0.2, 0) is 11.3 Å². The average Bonchev–Trinajstić information content (AvgIpc) is 2.43. The van der Waals surface area contributed by atoms with E-state index in [1.807, 2.05) is 0 Å². The largest absolute Gasteiger partial charge is 0.484 e. The van der Waals surface area contributed by atoms with Crippen molar-refractivity contribution < 1.29 is 27.8 Å². The lowest BCUT2D eigenvalue weighted by Gasteiger charge is -2.10. The maximum Gasteiger partial charge on any atom is 0.422 e. The van der Waals surface area contributed by atoms with E-state index in [1.54, 1.807) is 12.1 Å². The zero-order chi connectivity index (χ0) is 15.7. The number of ether oxygens (including phenoxy) is 1. The molecule has 0 aliphatic carbocycles. The molecule has 1 aromatic carbocycles. The van der Waals surface area contributed by atoms with E-state index in [0.29, 0.717) is 25.8 Å². The van der Waals surface area contributed by atoms with Gasteiger partial charge in [0.15, 0.2) is 6.61 Å². The van der Waals surface area contributed by atoms with Crippen LogP contribution < -0.4 is 10.1 Å². The highest BCUT2D eigenvalue weighted by molar-refractivity contribution is 5.75. The molecular weight excluding hydrogens is 287 g/mol. The quantitative estimate of drug-likeness (QED) is 0.725. The molecule has 0 aliphatic rings. The number of benzene rings is 1. The molecule has 0 heterocycles. The van der Waals surface area contributed by atoms with Crippen LogP contribution in [0.1, 0.15) is 24.8 Å². The van der Waals surface area contributed by atoms with Gasteiger partial charge in [-0.05, 0) is 30.5 Å². The number of halogens is 3. The average molecular weight is 305 g/mol. The van der Waals surface area contributed by atoms with E-state index in [2.05, 4.69) is 10.1 Å². The van der Waals surface area contributed by atoms with Gasteiger partial charge in [0, 0.05) is 19.6 Å². The highest BCUT2D eigenvalue weighted by Gasteiger charge is 2.28. The smallest absolute Gasteiger partial charge is 0.422 e. The Balaban J connectivity index is 2.32. The molecule has 0 bridgehead atoms. The van der Waals surface area contributed by atoms with Crippen LogP contribution in [0.15, 0.2) is 24.3 Å². The Bertz CT molecular complexity index is 432. The molecule has 4 nitrogen and oxygen atoms in total. The van der Waals surface area contributed by atoms with Gasteiger partial charge in [-0.3, -0.25) is 4.79 Å². The highest BCUT2D eigenvalue weighted by atomic mass is 19.4. The molecule has 7 heteroatoms. The minimum absolute atomic E-state index is 0.0622. The lowest BCUT2D eigenvalue weighted by atomic mass is 10.2. The molecule has 0 unspecified atom stereocenters. The van der Waals surface area contributed by atoms with Crippen molar-refractivity contribution in [2.45, 2.75) is 32.0 Å². The monoisotopic (exact) mass is 305 g/mol. The first-order valence-electron chi connectivity index (χ1n) is 6.57. The van der Waals surface area contributed by atoms with Gasteiger partial charge >= 0.3 is 6.18 Å². The van der Waals surface area contributed by atoms with E-state index in [4.69, 9.17) is 5.11 Å². The molecule has 1 rings (SSSR count). The Morgan fingerprint density at radius 3 is 2.43 bits per heavy atom. The van der Waals surface area contributed by atoms with E-state index in [1.165, 1.54) is 12.1 Å². The first-order chi connectivity index (χ1) is 9.90. The SMILES string of the molecule is O=C(CCCCO)NCc1ccc(OCC(F)(F)F)cc1. The summed E-state index contributed by atoms with van der Waals surface area (Å²) in [5.74, 6) is 0.00574. The second-order valence-corrected chi connectivity index (χ2v) is 4.51. The second kappa shape index (κ2) is 8.51.